The van der Waals surface area contributed by atoms with Crippen molar-refractivity contribution in [2.24, 2.45) is 5.92 Å². The van der Waals surface area contributed by atoms with Gasteiger partial charge in [0.25, 0.3) is 5.91 Å². The van der Waals surface area contributed by atoms with Gasteiger partial charge in [-0.3, -0.25) is 9.69 Å². The van der Waals surface area contributed by atoms with E-state index < -0.39 is 11.7 Å². The molecule has 8 heteroatoms. The Kier molecular flexibility index (Phi) is 3.97. The Morgan fingerprint density at radius 1 is 1.29 bits per heavy atom. The lowest BCUT2D eigenvalue weighted by atomic mass is 9.77. The molecule has 4 fully saturated rings. The van der Waals surface area contributed by atoms with Gasteiger partial charge in [0.05, 0.1) is 22.7 Å². The quantitative estimate of drug-likeness (QED) is 0.821. The largest absolute Gasteiger partial charge is 0.496 e. The Morgan fingerprint density at radius 3 is 2.61 bits per heavy atom. The number of amides is 1. The van der Waals surface area contributed by atoms with Crippen LogP contribution in [0.3, 0.4) is 0 Å². The predicted octanol–water partition coefficient (Wildman–Crippen LogP) is 4.29. The fourth-order valence-corrected chi connectivity index (χ4v) is 6.29. The highest BCUT2D eigenvalue weighted by molar-refractivity contribution is 7.21. The van der Waals surface area contributed by atoms with Crippen molar-refractivity contribution in [3.63, 3.8) is 0 Å². The van der Waals surface area contributed by atoms with Crippen LogP contribution in [0.5, 0.6) is 5.75 Å². The average molecular weight is 410 g/mol. The van der Waals surface area contributed by atoms with Gasteiger partial charge in [-0.2, -0.15) is 13.2 Å². The number of benzene rings is 1. The summed E-state index contributed by atoms with van der Waals surface area (Å²) in [5, 5.41) is 3.60. The zero-order valence-corrected chi connectivity index (χ0v) is 16.3. The molecule has 150 valence electrons. The molecular formula is C20H21F3N2O2S. The number of piperidine rings is 3. The SMILES string of the molecule is COc1ccc2cc(C(=O)N[C@@H]3C4CCN(CC4)C34CC4)sc2c1C(F)(F)F. The number of thiophene rings is 1. The van der Waals surface area contributed by atoms with E-state index in [1.165, 1.54) is 13.2 Å². The molecule has 1 aliphatic carbocycles. The molecule has 1 amide bonds. The number of nitrogens with zero attached hydrogens (tertiary/aromatic N) is 1. The van der Waals surface area contributed by atoms with Gasteiger partial charge in [0.15, 0.2) is 0 Å². The molecule has 0 unspecified atom stereocenters. The van der Waals surface area contributed by atoms with E-state index in [0.29, 0.717) is 16.2 Å². The van der Waals surface area contributed by atoms with E-state index in [1.807, 2.05) is 0 Å². The molecule has 1 saturated carbocycles. The van der Waals surface area contributed by atoms with Gasteiger partial charge in [-0.1, -0.05) is 0 Å². The number of methoxy groups -OCH3 is 1. The minimum absolute atomic E-state index is 0.0482. The lowest BCUT2D eigenvalue weighted by molar-refractivity contribution is -0.137. The van der Waals surface area contributed by atoms with Crippen molar-refractivity contribution in [1.29, 1.82) is 0 Å². The van der Waals surface area contributed by atoms with Crippen LogP contribution >= 0.6 is 11.3 Å². The Labute approximate surface area is 164 Å². The Balaban J connectivity index is 1.47. The van der Waals surface area contributed by atoms with Gasteiger partial charge in [0.2, 0.25) is 0 Å². The number of rotatable bonds is 3. The molecule has 3 aliphatic heterocycles. The summed E-state index contributed by atoms with van der Waals surface area (Å²) in [4.78, 5) is 15.8. The summed E-state index contributed by atoms with van der Waals surface area (Å²) in [6.45, 7) is 2.18. The number of nitrogens with one attached hydrogen (secondary N) is 1. The number of halogens is 3. The van der Waals surface area contributed by atoms with Crippen molar-refractivity contribution < 1.29 is 22.7 Å². The molecule has 1 N–H and O–H groups in total. The number of ether oxygens (including phenoxy) is 1. The first-order chi connectivity index (χ1) is 13.3. The number of carbonyl (C=O) groups is 1. The first-order valence-electron chi connectivity index (χ1n) is 9.57. The summed E-state index contributed by atoms with van der Waals surface area (Å²) >= 11 is 0.892. The monoisotopic (exact) mass is 410 g/mol. The van der Waals surface area contributed by atoms with E-state index in [1.54, 1.807) is 12.1 Å². The fraction of sp³-hybridized carbons (Fsp3) is 0.550. The second-order valence-electron chi connectivity index (χ2n) is 8.05. The maximum Gasteiger partial charge on any atom is 0.421 e. The summed E-state index contributed by atoms with van der Waals surface area (Å²) in [6.07, 6.45) is -0.201. The maximum atomic E-state index is 13.6. The standard InChI is InChI=1S/C20H21F3N2O2S/c1-27-13-3-2-12-10-14(28-16(12)15(13)20(21,22)23)18(26)24-17-11-4-8-25(9-5-11)19(17)6-7-19/h2-3,10-11,17H,4-9H2,1H3,(H,24,26)/t17-/m1/s1. The summed E-state index contributed by atoms with van der Waals surface area (Å²) in [5.41, 5.74) is -0.716. The zero-order chi connectivity index (χ0) is 19.7. The molecule has 0 radical (unpaired) electrons. The summed E-state index contributed by atoms with van der Waals surface area (Å²) in [7, 11) is 1.22. The normalized spacial score (nSPS) is 27.9. The average Bonchev–Trinajstić information content (AvgIpc) is 3.32. The van der Waals surface area contributed by atoms with Gasteiger partial charge in [0, 0.05) is 5.54 Å². The van der Waals surface area contributed by atoms with Gasteiger partial charge < -0.3 is 10.1 Å². The van der Waals surface area contributed by atoms with Crippen LogP contribution in [-0.4, -0.2) is 42.6 Å². The van der Waals surface area contributed by atoms with Crippen molar-refractivity contribution in [1.82, 2.24) is 10.2 Å². The van der Waals surface area contributed by atoms with Crippen molar-refractivity contribution in [3.05, 3.63) is 28.6 Å². The van der Waals surface area contributed by atoms with Gasteiger partial charge in [0.1, 0.15) is 11.3 Å². The molecule has 3 saturated heterocycles. The molecule has 28 heavy (non-hydrogen) atoms. The Hall–Kier alpha value is -1.80. The Bertz CT molecular complexity index is 943. The van der Waals surface area contributed by atoms with E-state index in [4.69, 9.17) is 4.74 Å². The predicted molar refractivity (Wildman–Crippen MR) is 101 cm³/mol. The second kappa shape index (κ2) is 6.10. The topological polar surface area (TPSA) is 41.6 Å². The zero-order valence-electron chi connectivity index (χ0n) is 15.4. The third-order valence-corrected chi connectivity index (χ3v) is 7.81. The van der Waals surface area contributed by atoms with Crippen molar-refractivity contribution >= 4 is 27.3 Å². The molecule has 1 spiro atoms. The molecule has 2 aromatic rings. The maximum absolute atomic E-state index is 13.6. The molecule has 6 rings (SSSR count). The van der Waals surface area contributed by atoms with Crippen LogP contribution in [0.25, 0.3) is 10.1 Å². The van der Waals surface area contributed by atoms with Crippen molar-refractivity contribution in [2.45, 2.75) is 43.4 Å². The number of hydrogen-bond donors (Lipinski definition) is 1. The third kappa shape index (κ3) is 2.64. The van der Waals surface area contributed by atoms with E-state index in [2.05, 4.69) is 10.2 Å². The molecule has 1 aromatic carbocycles. The van der Waals surface area contributed by atoms with Crippen LogP contribution in [0.2, 0.25) is 0 Å². The second-order valence-corrected chi connectivity index (χ2v) is 9.10. The minimum atomic E-state index is -4.54. The number of hydrogen-bond acceptors (Lipinski definition) is 4. The number of alkyl halides is 3. The Morgan fingerprint density at radius 2 is 2.00 bits per heavy atom. The van der Waals surface area contributed by atoms with Crippen LogP contribution < -0.4 is 10.1 Å². The van der Waals surface area contributed by atoms with Crippen molar-refractivity contribution in [3.8, 4) is 5.75 Å². The van der Waals surface area contributed by atoms with Gasteiger partial charge in [-0.05, 0) is 68.3 Å². The van der Waals surface area contributed by atoms with Gasteiger partial charge >= 0.3 is 6.18 Å². The van der Waals surface area contributed by atoms with Gasteiger partial charge in [-0.25, -0.2) is 0 Å². The fourth-order valence-electron chi connectivity index (χ4n) is 5.17. The lowest BCUT2D eigenvalue weighted by Gasteiger charge is -2.52. The first kappa shape index (κ1) is 18.2. The highest BCUT2D eigenvalue weighted by Crippen LogP contribution is 2.54. The van der Waals surface area contributed by atoms with Crippen LogP contribution in [-0.2, 0) is 6.18 Å². The van der Waals surface area contributed by atoms with E-state index in [9.17, 15) is 18.0 Å². The van der Waals surface area contributed by atoms with E-state index in [-0.39, 0.29) is 27.9 Å². The molecule has 4 heterocycles. The lowest BCUT2D eigenvalue weighted by Crippen LogP contribution is -2.65. The smallest absolute Gasteiger partial charge is 0.421 e. The first-order valence-corrected chi connectivity index (χ1v) is 10.4. The highest BCUT2D eigenvalue weighted by atomic mass is 32.1. The molecule has 4 aliphatic rings. The molecule has 4 nitrogen and oxygen atoms in total. The van der Waals surface area contributed by atoms with Crippen LogP contribution in [0.15, 0.2) is 18.2 Å². The molecule has 2 bridgehead atoms. The summed E-state index contributed by atoms with van der Waals surface area (Å²) in [5.74, 6) is -0.0156. The number of fused-ring (bicyclic) bond motifs is 3. The molecular weight excluding hydrogens is 389 g/mol. The molecule has 1 atom stereocenters. The van der Waals surface area contributed by atoms with Gasteiger partial charge in [-0.15, -0.1) is 11.3 Å². The molecule has 1 aromatic heterocycles. The van der Waals surface area contributed by atoms with Crippen LogP contribution in [0.4, 0.5) is 13.2 Å². The van der Waals surface area contributed by atoms with Crippen LogP contribution in [0, 0.1) is 5.92 Å². The van der Waals surface area contributed by atoms with Crippen molar-refractivity contribution in [2.75, 3.05) is 20.2 Å². The van der Waals surface area contributed by atoms with E-state index in [0.717, 1.165) is 50.1 Å². The number of carbonyl (C=O) groups excluding carboxylic acids is 1. The van der Waals surface area contributed by atoms with Crippen LogP contribution in [0.1, 0.15) is 40.9 Å². The summed E-state index contributed by atoms with van der Waals surface area (Å²) in [6, 6.07) is 4.55. The summed E-state index contributed by atoms with van der Waals surface area (Å²) < 4.78 is 45.7. The highest BCUT2D eigenvalue weighted by Gasteiger charge is 2.60. The minimum Gasteiger partial charge on any atom is -0.496 e. The third-order valence-electron chi connectivity index (χ3n) is 6.64. The van der Waals surface area contributed by atoms with E-state index >= 15 is 0 Å².